The lowest BCUT2D eigenvalue weighted by molar-refractivity contribution is -0.151. The Morgan fingerprint density at radius 2 is 2.22 bits per heavy atom. The quantitative estimate of drug-likeness (QED) is 0.161. The summed E-state index contributed by atoms with van der Waals surface area (Å²) in [6, 6.07) is 0. The summed E-state index contributed by atoms with van der Waals surface area (Å²) < 4.78 is 3.92. The molecule has 0 unspecified atom stereocenters. The Hall–Kier alpha value is -1.56. The molecule has 0 spiro atoms. The summed E-state index contributed by atoms with van der Waals surface area (Å²) >= 11 is 0. The average molecular weight is 124 g/mol. The van der Waals surface area contributed by atoms with E-state index in [9.17, 15) is 9.59 Å². The molecule has 0 radical (unpaired) electrons. The Morgan fingerprint density at radius 1 is 1.67 bits per heavy atom. The fraction of sp³-hybridized carbons (Fsp3) is 0. The van der Waals surface area contributed by atoms with Gasteiger partial charge in [0.2, 0.25) is 0 Å². The van der Waals surface area contributed by atoms with Crippen LogP contribution in [0.1, 0.15) is 0 Å². The molecule has 0 N–H and O–H groups in total. The van der Waals surface area contributed by atoms with E-state index >= 15 is 0 Å². The van der Waals surface area contributed by atoms with Gasteiger partial charge in [0.05, 0.1) is 0 Å². The van der Waals surface area contributed by atoms with E-state index in [1.165, 1.54) is 0 Å². The molecule has 3 heteroatoms. The molecule has 0 rings (SSSR count). The van der Waals surface area contributed by atoms with Gasteiger partial charge in [0.15, 0.2) is 0 Å². The van der Waals surface area contributed by atoms with Crippen molar-refractivity contribution in [1.82, 2.24) is 0 Å². The van der Waals surface area contributed by atoms with E-state index in [1.54, 1.807) is 5.92 Å². The summed E-state index contributed by atoms with van der Waals surface area (Å²) in [5.41, 5.74) is 0. The fourth-order valence-electron chi connectivity index (χ4n) is 0.162. The van der Waals surface area contributed by atoms with E-state index in [-0.39, 0.29) is 0 Å². The monoisotopic (exact) mass is 124 g/mol. The van der Waals surface area contributed by atoms with E-state index < -0.39 is 11.9 Å². The number of hydrogen-bond donors (Lipinski definition) is 0. The van der Waals surface area contributed by atoms with Gasteiger partial charge in [-0.1, -0.05) is 6.58 Å². The molecule has 0 aliphatic carbocycles. The maximum Gasteiger partial charge on any atom is 0.391 e. The first-order valence-electron chi connectivity index (χ1n) is 2.05. The lowest BCUT2D eigenvalue weighted by atomic mass is 10.6. The van der Waals surface area contributed by atoms with Crippen molar-refractivity contribution in [3.8, 4) is 12.3 Å². The van der Waals surface area contributed by atoms with Gasteiger partial charge in [0, 0.05) is 12.0 Å². The standard InChI is InChI=1S/C6H4O3/c1-3-5(7)9-6(8)4-2/h1,4H,2H2. The van der Waals surface area contributed by atoms with Gasteiger partial charge in [-0.05, 0) is 0 Å². The Morgan fingerprint density at radius 3 is 2.56 bits per heavy atom. The summed E-state index contributed by atoms with van der Waals surface area (Å²) in [5.74, 6) is -0.235. The highest BCUT2D eigenvalue weighted by Gasteiger charge is 2.00. The van der Waals surface area contributed by atoms with Gasteiger partial charge in [-0.3, -0.25) is 0 Å². The molecular formula is C6H4O3. The van der Waals surface area contributed by atoms with Gasteiger partial charge in [-0.25, -0.2) is 9.59 Å². The van der Waals surface area contributed by atoms with Crippen LogP contribution in [0.25, 0.3) is 0 Å². The molecule has 0 amide bonds. The van der Waals surface area contributed by atoms with Gasteiger partial charge in [-0.15, -0.1) is 6.42 Å². The van der Waals surface area contributed by atoms with Gasteiger partial charge in [0.1, 0.15) is 0 Å². The first-order chi connectivity index (χ1) is 4.20. The van der Waals surface area contributed by atoms with Crippen LogP contribution in [0.4, 0.5) is 0 Å². The van der Waals surface area contributed by atoms with Crippen LogP contribution in [0.15, 0.2) is 12.7 Å². The van der Waals surface area contributed by atoms with Gasteiger partial charge < -0.3 is 4.74 Å². The number of rotatable bonds is 1. The second kappa shape index (κ2) is 3.44. The van der Waals surface area contributed by atoms with E-state index in [2.05, 4.69) is 17.7 Å². The van der Waals surface area contributed by atoms with Crippen molar-refractivity contribution in [2.45, 2.75) is 0 Å². The Balaban J connectivity index is 3.77. The third kappa shape index (κ3) is 3.06. The molecule has 9 heavy (non-hydrogen) atoms. The SMILES string of the molecule is C#CC(=O)OC(=O)C=C. The molecule has 0 aromatic carbocycles. The molecule has 46 valence electrons. The molecule has 0 atom stereocenters. The van der Waals surface area contributed by atoms with Crippen LogP contribution in [0, 0.1) is 12.3 Å². The number of carbonyl (C=O) groups is 2. The van der Waals surface area contributed by atoms with Gasteiger partial charge >= 0.3 is 11.9 Å². The van der Waals surface area contributed by atoms with Crippen molar-refractivity contribution in [3.05, 3.63) is 12.7 Å². The van der Waals surface area contributed by atoms with Gasteiger partial charge in [0.25, 0.3) is 0 Å². The first kappa shape index (κ1) is 7.44. The summed E-state index contributed by atoms with van der Waals surface area (Å²) in [6.45, 7) is 3.05. The van der Waals surface area contributed by atoms with E-state index in [1.807, 2.05) is 0 Å². The van der Waals surface area contributed by atoms with Crippen LogP contribution in [-0.4, -0.2) is 11.9 Å². The van der Waals surface area contributed by atoms with Gasteiger partial charge in [-0.2, -0.15) is 0 Å². The minimum atomic E-state index is -1.00. The van der Waals surface area contributed by atoms with E-state index in [0.717, 1.165) is 6.08 Å². The smallest absolute Gasteiger partial charge is 0.380 e. The zero-order valence-electron chi connectivity index (χ0n) is 4.59. The normalized spacial score (nSPS) is 7.00. The Kier molecular flexibility index (Phi) is 2.85. The Labute approximate surface area is 52.3 Å². The molecule has 3 nitrogen and oxygen atoms in total. The molecule has 0 aliphatic rings. The van der Waals surface area contributed by atoms with Crippen LogP contribution in [0.5, 0.6) is 0 Å². The first-order valence-corrected chi connectivity index (χ1v) is 2.05. The van der Waals surface area contributed by atoms with E-state index in [4.69, 9.17) is 0 Å². The third-order valence-corrected chi connectivity index (χ3v) is 0.478. The predicted molar refractivity (Wildman–Crippen MR) is 30.1 cm³/mol. The number of hydrogen-bond acceptors (Lipinski definition) is 3. The van der Waals surface area contributed by atoms with Crippen molar-refractivity contribution >= 4 is 11.9 Å². The van der Waals surface area contributed by atoms with Crippen LogP contribution < -0.4 is 0 Å². The maximum absolute atomic E-state index is 10.1. The highest BCUT2D eigenvalue weighted by Crippen LogP contribution is 1.78. The molecular weight excluding hydrogens is 120 g/mol. The van der Waals surface area contributed by atoms with E-state index in [0.29, 0.717) is 0 Å². The lowest BCUT2D eigenvalue weighted by Gasteiger charge is -1.88. The lowest BCUT2D eigenvalue weighted by Crippen LogP contribution is -2.06. The maximum atomic E-state index is 10.1. The van der Waals surface area contributed by atoms with Crippen molar-refractivity contribution in [2.24, 2.45) is 0 Å². The van der Waals surface area contributed by atoms with Crippen molar-refractivity contribution in [2.75, 3.05) is 0 Å². The molecule has 0 fully saturated rings. The van der Waals surface area contributed by atoms with Crippen LogP contribution in [0.3, 0.4) is 0 Å². The minimum Gasteiger partial charge on any atom is -0.380 e. The summed E-state index contributed by atoms with van der Waals surface area (Å²) in [4.78, 5) is 20.2. The molecule has 0 bridgehead atoms. The number of ether oxygens (including phenoxy) is 1. The minimum absolute atomic E-state index is 0.835. The Bertz CT molecular complexity index is 185. The predicted octanol–water partition coefficient (Wildman–Crippen LogP) is -0.125. The zero-order valence-corrected chi connectivity index (χ0v) is 4.59. The largest absolute Gasteiger partial charge is 0.391 e. The molecule has 0 heterocycles. The number of carbonyl (C=O) groups excluding carboxylic acids is 2. The van der Waals surface area contributed by atoms with Crippen molar-refractivity contribution < 1.29 is 14.3 Å². The summed E-state index contributed by atoms with van der Waals surface area (Å²) in [5, 5.41) is 0. The van der Waals surface area contributed by atoms with Crippen LogP contribution in [0.2, 0.25) is 0 Å². The zero-order chi connectivity index (χ0) is 7.28. The summed E-state index contributed by atoms with van der Waals surface area (Å²) in [6.07, 6.45) is 5.42. The second-order valence-electron chi connectivity index (χ2n) is 1.06. The van der Waals surface area contributed by atoms with Crippen molar-refractivity contribution in [3.63, 3.8) is 0 Å². The molecule has 0 saturated carbocycles. The van der Waals surface area contributed by atoms with Crippen molar-refractivity contribution in [1.29, 1.82) is 0 Å². The highest BCUT2D eigenvalue weighted by molar-refractivity contribution is 5.98. The average Bonchev–Trinajstić information content (AvgIpc) is 1.87. The molecule has 0 saturated heterocycles. The topological polar surface area (TPSA) is 43.4 Å². The summed E-state index contributed by atoms with van der Waals surface area (Å²) in [7, 11) is 0. The molecule has 0 aliphatic heterocycles. The third-order valence-electron chi connectivity index (χ3n) is 0.478. The second-order valence-corrected chi connectivity index (χ2v) is 1.06. The number of esters is 2. The highest BCUT2D eigenvalue weighted by atomic mass is 16.6. The fourth-order valence-corrected chi connectivity index (χ4v) is 0.162. The molecule has 0 aromatic rings. The number of terminal acetylenes is 1. The van der Waals surface area contributed by atoms with Crippen LogP contribution in [-0.2, 0) is 14.3 Å². The molecule has 0 aromatic heterocycles. The van der Waals surface area contributed by atoms with Crippen LogP contribution >= 0.6 is 0 Å².